The molecule has 0 heterocycles. The molecule has 0 radical (unpaired) electrons. The molecule has 1 aromatic carbocycles. The summed E-state index contributed by atoms with van der Waals surface area (Å²) in [5.41, 5.74) is 6.02. The van der Waals surface area contributed by atoms with Gasteiger partial charge in [0.15, 0.2) is 0 Å². The molecule has 1 aliphatic carbocycles. The number of carbonyl (C=O) groups excluding carboxylic acids is 2. The molecule has 0 saturated heterocycles. The Labute approximate surface area is 135 Å². The van der Waals surface area contributed by atoms with E-state index in [0.29, 0.717) is 19.4 Å². The van der Waals surface area contributed by atoms with Gasteiger partial charge >= 0.3 is 5.97 Å². The second-order valence-corrected chi connectivity index (χ2v) is 6.13. The van der Waals surface area contributed by atoms with Crippen LogP contribution in [0.1, 0.15) is 48.0 Å². The smallest absolute Gasteiger partial charge is 0.335 e. The van der Waals surface area contributed by atoms with E-state index in [1.807, 2.05) is 0 Å². The monoisotopic (exact) mass is 318 g/mol. The van der Waals surface area contributed by atoms with Crippen LogP contribution in [0.15, 0.2) is 24.3 Å². The summed E-state index contributed by atoms with van der Waals surface area (Å²) in [7, 11) is 0. The number of carboxylic acids is 1. The number of primary amides is 1. The number of nitrogens with one attached hydrogen (secondary N) is 1. The van der Waals surface area contributed by atoms with Gasteiger partial charge in [0.05, 0.1) is 11.0 Å². The van der Waals surface area contributed by atoms with E-state index in [0.717, 1.165) is 31.2 Å². The highest BCUT2D eigenvalue weighted by atomic mass is 16.4. The van der Waals surface area contributed by atoms with Gasteiger partial charge in [-0.1, -0.05) is 25.0 Å². The lowest BCUT2D eigenvalue weighted by atomic mass is 9.85. The summed E-state index contributed by atoms with van der Waals surface area (Å²) >= 11 is 0. The first-order valence-electron chi connectivity index (χ1n) is 7.82. The van der Waals surface area contributed by atoms with E-state index < -0.39 is 11.4 Å². The van der Waals surface area contributed by atoms with Crippen LogP contribution in [0.5, 0.6) is 0 Å². The third-order valence-corrected chi connectivity index (χ3v) is 4.55. The Hall–Kier alpha value is -2.37. The highest BCUT2D eigenvalue weighted by Gasteiger charge is 2.39. The van der Waals surface area contributed by atoms with Crippen LogP contribution in [0.25, 0.3) is 0 Å². The van der Waals surface area contributed by atoms with Crippen LogP contribution in [0.2, 0.25) is 0 Å². The SMILES string of the molecule is NC(=O)C1(CNC(=O)CCc2ccc(C(=O)O)cc2)CCCC1. The summed E-state index contributed by atoms with van der Waals surface area (Å²) < 4.78 is 0. The Bertz CT molecular complexity index is 589. The molecule has 1 aromatic rings. The maximum Gasteiger partial charge on any atom is 0.335 e. The highest BCUT2D eigenvalue weighted by Crippen LogP contribution is 2.37. The van der Waals surface area contributed by atoms with E-state index in [-0.39, 0.29) is 17.4 Å². The molecule has 2 rings (SSSR count). The van der Waals surface area contributed by atoms with Gasteiger partial charge in [-0.3, -0.25) is 9.59 Å². The first kappa shape index (κ1) is 17.0. The second-order valence-electron chi connectivity index (χ2n) is 6.13. The molecule has 1 aliphatic rings. The highest BCUT2D eigenvalue weighted by molar-refractivity contribution is 5.87. The maximum absolute atomic E-state index is 12.0. The van der Waals surface area contributed by atoms with Gasteiger partial charge in [0.2, 0.25) is 11.8 Å². The van der Waals surface area contributed by atoms with Crippen LogP contribution in [0.3, 0.4) is 0 Å². The largest absolute Gasteiger partial charge is 0.478 e. The van der Waals surface area contributed by atoms with Crippen molar-refractivity contribution in [2.75, 3.05) is 6.54 Å². The van der Waals surface area contributed by atoms with E-state index in [9.17, 15) is 14.4 Å². The molecule has 6 heteroatoms. The average Bonchev–Trinajstić information content (AvgIpc) is 3.01. The number of carboxylic acid groups (broad SMARTS) is 1. The molecule has 0 aliphatic heterocycles. The van der Waals surface area contributed by atoms with Crippen molar-refractivity contribution in [2.45, 2.75) is 38.5 Å². The molecule has 0 spiro atoms. The topological polar surface area (TPSA) is 109 Å². The number of hydrogen-bond acceptors (Lipinski definition) is 3. The van der Waals surface area contributed by atoms with Gasteiger partial charge in [0.1, 0.15) is 0 Å². The predicted molar refractivity (Wildman–Crippen MR) is 84.8 cm³/mol. The fraction of sp³-hybridized carbons (Fsp3) is 0.471. The van der Waals surface area contributed by atoms with Gasteiger partial charge in [-0.25, -0.2) is 4.79 Å². The zero-order valence-electron chi connectivity index (χ0n) is 13.0. The maximum atomic E-state index is 12.0. The van der Waals surface area contributed by atoms with Crippen LogP contribution in [0.4, 0.5) is 0 Å². The van der Waals surface area contributed by atoms with Crippen molar-refractivity contribution in [3.05, 3.63) is 35.4 Å². The Balaban J connectivity index is 1.81. The zero-order chi connectivity index (χ0) is 16.9. The van der Waals surface area contributed by atoms with Crippen LogP contribution >= 0.6 is 0 Å². The van der Waals surface area contributed by atoms with Gasteiger partial charge in [-0.05, 0) is 37.0 Å². The Morgan fingerprint density at radius 3 is 2.26 bits per heavy atom. The summed E-state index contributed by atoms with van der Waals surface area (Å²) in [4.78, 5) is 34.4. The van der Waals surface area contributed by atoms with Crippen molar-refractivity contribution >= 4 is 17.8 Å². The van der Waals surface area contributed by atoms with E-state index in [1.54, 1.807) is 12.1 Å². The fourth-order valence-electron chi connectivity index (χ4n) is 2.99. The number of nitrogens with two attached hydrogens (primary N) is 1. The van der Waals surface area contributed by atoms with Crippen LogP contribution < -0.4 is 11.1 Å². The molecule has 1 saturated carbocycles. The number of aryl methyl sites for hydroxylation is 1. The van der Waals surface area contributed by atoms with Crippen molar-refractivity contribution < 1.29 is 19.5 Å². The lowest BCUT2D eigenvalue weighted by Crippen LogP contribution is -2.44. The van der Waals surface area contributed by atoms with E-state index in [2.05, 4.69) is 5.32 Å². The van der Waals surface area contributed by atoms with E-state index in [4.69, 9.17) is 10.8 Å². The molecule has 0 atom stereocenters. The number of rotatable bonds is 7. The zero-order valence-corrected chi connectivity index (χ0v) is 13.0. The summed E-state index contributed by atoms with van der Waals surface area (Å²) in [5.74, 6) is -1.43. The fourth-order valence-corrected chi connectivity index (χ4v) is 2.99. The lowest BCUT2D eigenvalue weighted by molar-refractivity contribution is -0.128. The van der Waals surface area contributed by atoms with Crippen LogP contribution in [-0.4, -0.2) is 29.4 Å². The number of hydrogen-bond donors (Lipinski definition) is 3. The minimum Gasteiger partial charge on any atom is -0.478 e. The van der Waals surface area contributed by atoms with Crippen LogP contribution in [0, 0.1) is 5.41 Å². The van der Waals surface area contributed by atoms with Gasteiger partial charge in [-0.15, -0.1) is 0 Å². The molecule has 2 amide bonds. The molecule has 124 valence electrons. The predicted octanol–water partition coefficient (Wildman–Crippen LogP) is 1.48. The molecule has 1 fully saturated rings. The normalized spacial score (nSPS) is 16.0. The van der Waals surface area contributed by atoms with Gasteiger partial charge in [0, 0.05) is 13.0 Å². The third kappa shape index (κ3) is 4.31. The molecule has 6 nitrogen and oxygen atoms in total. The standard InChI is InChI=1S/C17H22N2O4/c18-16(23)17(9-1-2-10-17)11-19-14(20)8-5-12-3-6-13(7-4-12)15(21)22/h3-4,6-7H,1-2,5,8-11H2,(H2,18,23)(H,19,20)(H,21,22). The molecule has 4 N–H and O–H groups in total. The average molecular weight is 318 g/mol. The minimum absolute atomic E-state index is 0.125. The Morgan fingerprint density at radius 2 is 1.74 bits per heavy atom. The lowest BCUT2D eigenvalue weighted by Gasteiger charge is -2.25. The number of amides is 2. The van der Waals surface area contributed by atoms with Crippen molar-refractivity contribution in [1.29, 1.82) is 0 Å². The summed E-state index contributed by atoms with van der Waals surface area (Å²) in [6.07, 6.45) is 4.22. The van der Waals surface area contributed by atoms with Crippen molar-refractivity contribution in [1.82, 2.24) is 5.32 Å². The van der Waals surface area contributed by atoms with Crippen LogP contribution in [-0.2, 0) is 16.0 Å². The number of benzene rings is 1. The van der Waals surface area contributed by atoms with Gasteiger partial charge in [-0.2, -0.15) is 0 Å². The van der Waals surface area contributed by atoms with Crippen molar-refractivity contribution in [2.24, 2.45) is 11.1 Å². The summed E-state index contributed by atoms with van der Waals surface area (Å²) in [5, 5.41) is 11.6. The summed E-state index contributed by atoms with van der Waals surface area (Å²) in [6, 6.07) is 6.46. The Morgan fingerprint density at radius 1 is 1.13 bits per heavy atom. The first-order valence-corrected chi connectivity index (χ1v) is 7.82. The van der Waals surface area contributed by atoms with Crippen molar-refractivity contribution in [3.8, 4) is 0 Å². The number of aromatic carboxylic acids is 1. The van der Waals surface area contributed by atoms with E-state index >= 15 is 0 Å². The molecule has 0 aromatic heterocycles. The molecule has 23 heavy (non-hydrogen) atoms. The summed E-state index contributed by atoms with van der Waals surface area (Å²) in [6.45, 7) is 0.305. The molecule has 0 unspecified atom stereocenters. The minimum atomic E-state index is -0.970. The quantitative estimate of drug-likeness (QED) is 0.707. The van der Waals surface area contributed by atoms with Crippen molar-refractivity contribution in [3.63, 3.8) is 0 Å². The second kappa shape index (κ2) is 7.26. The number of carbonyl (C=O) groups is 3. The van der Waals surface area contributed by atoms with Gasteiger partial charge in [0.25, 0.3) is 0 Å². The van der Waals surface area contributed by atoms with Gasteiger partial charge < -0.3 is 16.2 Å². The Kier molecular flexibility index (Phi) is 5.36. The first-order chi connectivity index (χ1) is 10.9. The third-order valence-electron chi connectivity index (χ3n) is 4.55. The molecular formula is C17H22N2O4. The molecular weight excluding hydrogens is 296 g/mol. The van der Waals surface area contributed by atoms with E-state index in [1.165, 1.54) is 12.1 Å². The molecule has 0 bridgehead atoms.